The van der Waals surface area contributed by atoms with Crippen molar-refractivity contribution < 1.29 is 14.3 Å². The van der Waals surface area contributed by atoms with E-state index in [0.29, 0.717) is 12.3 Å². The van der Waals surface area contributed by atoms with Crippen LogP contribution in [-0.4, -0.2) is 31.2 Å². The van der Waals surface area contributed by atoms with E-state index in [4.69, 9.17) is 0 Å². The van der Waals surface area contributed by atoms with E-state index in [1.54, 1.807) is 0 Å². The molecule has 5 heteroatoms. The average Bonchev–Trinajstić information content (AvgIpc) is 2.98. The number of carbonyl (C=O) groups is 2. The molecule has 5 nitrogen and oxygen atoms in total. The molecule has 2 amide bonds. The second kappa shape index (κ2) is 5.72. The molecule has 1 atom stereocenters. The van der Waals surface area contributed by atoms with E-state index in [2.05, 4.69) is 15.4 Å². The molecule has 0 aromatic rings. The Kier molecular flexibility index (Phi) is 4.58. The van der Waals surface area contributed by atoms with Gasteiger partial charge < -0.3 is 15.4 Å². The normalized spacial score (nSPS) is 16.8. The lowest BCUT2D eigenvalue weighted by atomic mass is 10.0. The number of ether oxygens (including phenoxy) is 1. The van der Waals surface area contributed by atoms with Gasteiger partial charge in [-0.05, 0) is 25.2 Å². The molecule has 1 aliphatic carbocycles. The van der Waals surface area contributed by atoms with Gasteiger partial charge >= 0.3 is 12.0 Å². The predicted octanol–water partition coefficient (Wildman–Crippen LogP) is 1.04. The van der Waals surface area contributed by atoms with Crippen molar-refractivity contribution in [3.05, 3.63) is 0 Å². The number of urea groups is 1. The zero-order valence-electron chi connectivity index (χ0n) is 10.1. The number of hydrogen-bond donors (Lipinski definition) is 2. The Bertz CT molecular complexity index is 262. The lowest BCUT2D eigenvalue weighted by molar-refractivity contribution is -0.143. The van der Waals surface area contributed by atoms with Crippen LogP contribution in [0.15, 0.2) is 0 Å². The molecule has 1 saturated carbocycles. The minimum absolute atomic E-state index is 0.279. The third-order valence-electron chi connectivity index (χ3n) is 2.41. The minimum atomic E-state index is -0.552. The zero-order chi connectivity index (χ0) is 12.1. The third-order valence-corrected chi connectivity index (χ3v) is 2.41. The van der Waals surface area contributed by atoms with Gasteiger partial charge in [0.25, 0.3) is 0 Å². The summed E-state index contributed by atoms with van der Waals surface area (Å²) in [6.45, 7) is 3.99. The molecular formula is C11H20N2O3. The summed E-state index contributed by atoms with van der Waals surface area (Å²) in [6.07, 6.45) is 2.64. The fourth-order valence-corrected chi connectivity index (χ4v) is 1.44. The number of nitrogens with one attached hydrogen (secondary N) is 2. The van der Waals surface area contributed by atoms with Gasteiger partial charge in [0.1, 0.15) is 6.04 Å². The Morgan fingerprint density at radius 2 is 2.00 bits per heavy atom. The second-order valence-corrected chi connectivity index (χ2v) is 4.60. The molecule has 2 N–H and O–H groups in total. The monoisotopic (exact) mass is 228 g/mol. The Morgan fingerprint density at radius 3 is 2.44 bits per heavy atom. The highest BCUT2D eigenvalue weighted by Gasteiger charge is 2.27. The maximum absolute atomic E-state index is 11.5. The fraction of sp³-hybridized carbons (Fsp3) is 0.818. The molecule has 0 unspecified atom stereocenters. The second-order valence-electron chi connectivity index (χ2n) is 4.60. The van der Waals surface area contributed by atoms with Crippen LogP contribution in [0.4, 0.5) is 4.79 Å². The van der Waals surface area contributed by atoms with Crippen molar-refractivity contribution in [1.29, 1.82) is 0 Å². The van der Waals surface area contributed by atoms with Crippen LogP contribution < -0.4 is 10.6 Å². The van der Waals surface area contributed by atoms with E-state index >= 15 is 0 Å². The van der Waals surface area contributed by atoms with E-state index in [-0.39, 0.29) is 18.0 Å². The average molecular weight is 228 g/mol. The smallest absolute Gasteiger partial charge is 0.328 e. The Labute approximate surface area is 95.9 Å². The standard InChI is InChI=1S/C11H20N2O3/c1-7(2)6-9(10(14)16-3)13-11(15)12-8-4-5-8/h7-9H,4-6H2,1-3H3,(H2,12,13,15)/t9-/m1/s1. The first-order chi connectivity index (χ1) is 7.52. The Balaban J connectivity index is 2.40. The van der Waals surface area contributed by atoms with Crippen molar-refractivity contribution >= 4 is 12.0 Å². The summed E-state index contributed by atoms with van der Waals surface area (Å²) < 4.78 is 4.65. The summed E-state index contributed by atoms with van der Waals surface area (Å²) in [5, 5.41) is 5.42. The zero-order valence-corrected chi connectivity index (χ0v) is 10.1. The summed E-state index contributed by atoms with van der Waals surface area (Å²) >= 11 is 0. The SMILES string of the molecule is COC(=O)[C@@H](CC(C)C)NC(=O)NC1CC1. The molecule has 1 rings (SSSR count). The van der Waals surface area contributed by atoms with Gasteiger partial charge in [0.2, 0.25) is 0 Å². The minimum Gasteiger partial charge on any atom is -0.467 e. The van der Waals surface area contributed by atoms with Gasteiger partial charge in [-0.2, -0.15) is 0 Å². The van der Waals surface area contributed by atoms with Gasteiger partial charge in [-0.25, -0.2) is 9.59 Å². The van der Waals surface area contributed by atoms with E-state index in [1.807, 2.05) is 13.8 Å². The Hall–Kier alpha value is -1.26. The summed E-state index contributed by atoms with van der Waals surface area (Å²) in [4.78, 5) is 22.9. The molecule has 0 aromatic carbocycles. The quantitative estimate of drug-likeness (QED) is 0.691. The van der Waals surface area contributed by atoms with Crippen LogP contribution >= 0.6 is 0 Å². The maximum Gasteiger partial charge on any atom is 0.328 e. The third kappa shape index (κ3) is 4.51. The van der Waals surface area contributed by atoms with E-state index < -0.39 is 6.04 Å². The van der Waals surface area contributed by atoms with Crippen molar-refractivity contribution in [1.82, 2.24) is 10.6 Å². The predicted molar refractivity (Wildman–Crippen MR) is 59.9 cm³/mol. The number of esters is 1. The first-order valence-corrected chi connectivity index (χ1v) is 5.67. The van der Waals surface area contributed by atoms with Crippen molar-refractivity contribution in [2.45, 2.75) is 45.2 Å². The number of rotatable bonds is 5. The molecule has 1 aliphatic rings. The van der Waals surface area contributed by atoms with Gasteiger partial charge in [0, 0.05) is 6.04 Å². The molecule has 1 fully saturated rings. The summed E-state index contributed by atoms with van der Waals surface area (Å²) in [5.74, 6) is -0.0648. The van der Waals surface area contributed by atoms with E-state index in [9.17, 15) is 9.59 Å². The van der Waals surface area contributed by atoms with Crippen molar-refractivity contribution in [3.63, 3.8) is 0 Å². The van der Waals surface area contributed by atoms with Crippen LogP contribution in [0.1, 0.15) is 33.1 Å². The number of hydrogen-bond acceptors (Lipinski definition) is 3. The summed E-state index contributed by atoms with van der Waals surface area (Å²) in [7, 11) is 1.33. The summed E-state index contributed by atoms with van der Waals surface area (Å²) in [6, 6.07) is -0.542. The van der Waals surface area contributed by atoms with Gasteiger partial charge in [-0.15, -0.1) is 0 Å². The van der Waals surface area contributed by atoms with Crippen LogP contribution in [-0.2, 0) is 9.53 Å². The van der Waals surface area contributed by atoms with Crippen molar-refractivity contribution in [2.24, 2.45) is 5.92 Å². The van der Waals surface area contributed by atoms with Crippen molar-refractivity contribution in [3.8, 4) is 0 Å². The summed E-state index contributed by atoms with van der Waals surface area (Å²) in [5.41, 5.74) is 0. The topological polar surface area (TPSA) is 67.4 Å². The molecule has 92 valence electrons. The molecule has 0 saturated heterocycles. The van der Waals surface area contributed by atoms with Crippen molar-refractivity contribution in [2.75, 3.05) is 7.11 Å². The van der Waals surface area contributed by atoms with Gasteiger partial charge in [-0.3, -0.25) is 0 Å². The highest BCUT2D eigenvalue weighted by Crippen LogP contribution is 2.18. The molecular weight excluding hydrogens is 208 g/mol. The molecule has 0 aliphatic heterocycles. The lowest BCUT2D eigenvalue weighted by Crippen LogP contribution is -2.47. The first kappa shape index (κ1) is 12.8. The molecule has 0 radical (unpaired) electrons. The van der Waals surface area contributed by atoms with Crippen LogP contribution in [0.25, 0.3) is 0 Å². The van der Waals surface area contributed by atoms with Gasteiger partial charge in [0.15, 0.2) is 0 Å². The number of methoxy groups -OCH3 is 1. The number of carbonyl (C=O) groups excluding carboxylic acids is 2. The van der Waals surface area contributed by atoms with Gasteiger partial charge in [-0.1, -0.05) is 13.8 Å². The van der Waals surface area contributed by atoms with Gasteiger partial charge in [0.05, 0.1) is 7.11 Å². The largest absolute Gasteiger partial charge is 0.467 e. The van der Waals surface area contributed by atoms with Crippen LogP contribution in [0.2, 0.25) is 0 Å². The molecule has 0 heterocycles. The molecule has 0 aromatic heterocycles. The molecule has 0 spiro atoms. The molecule has 0 bridgehead atoms. The van der Waals surface area contributed by atoms with E-state index in [0.717, 1.165) is 12.8 Å². The first-order valence-electron chi connectivity index (χ1n) is 5.67. The van der Waals surface area contributed by atoms with Crippen LogP contribution in [0.5, 0.6) is 0 Å². The lowest BCUT2D eigenvalue weighted by Gasteiger charge is -2.18. The van der Waals surface area contributed by atoms with Crippen LogP contribution in [0.3, 0.4) is 0 Å². The Morgan fingerprint density at radius 1 is 1.38 bits per heavy atom. The highest BCUT2D eigenvalue weighted by molar-refractivity contribution is 5.83. The van der Waals surface area contributed by atoms with E-state index in [1.165, 1.54) is 7.11 Å². The maximum atomic E-state index is 11.5. The van der Waals surface area contributed by atoms with Crippen LogP contribution in [0, 0.1) is 5.92 Å². The highest BCUT2D eigenvalue weighted by atomic mass is 16.5. The fourth-order valence-electron chi connectivity index (χ4n) is 1.44. The molecule has 16 heavy (non-hydrogen) atoms. The number of amides is 2.